The molecule has 0 unspecified atom stereocenters. The van der Waals surface area contributed by atoms with Crippen LogP contribution in [0.4, 0.5) is 0 Å². The van der Waals surface area contributed by atoms with Crippen LogP contribution in [0.2, 0.25) is 5.02 Å². The summed E-state index contributed by atoms with van der Waals surface area (Å²) in [6.45, 7) is 4.55. The van der Waals surface area contributed by atoms with Crippen molar-refractivity contribution >= 4 is 17.4 Å². The van der Waals surface area contributed by atoms with Crippen LogP contribution in [0.25, 0.3) is 0 Å². The molecule has 0 aliphatic carbocycles. The fourth-order valence-electron chi connectivity index (χ4n) is 1.92. The lowest BCUT2D eigenvalue weighted by Gasteiger charge is -2.05. The summed E-state index contributed by atoms with van der Waals surface area (Å²) in [5, 5.41) is 4.91. The molecule has 0 bridgehead atoms. The predicted octanol–water partition coefficient (Wildman–Crippen LogP) is 3.29. The summed E-state index contributed by atoms with van der Waals surface area (Å²) in [5.41, 5.74) is 2.27. The Kier molecular flexibility index (Phi) is 3.82. The fourth-order valence-corrected chi connectivity index (χ4v) is 2.12. The average molecular weight is 263 g/mol. The minimum atomic E-state index is 0.0621. The lowest BCUT2D eigenvalue weighted by molar-refractivity contribution is 0.0990. The summed E-state index contributed by atoms with van der Waals surface area (Å²) >= 11 is 6.19. The van der Waals surface area contributed by atoms with Crippen LogP contribution in [-0.2, 0) is 13.0 Å². The number of Topliss-reactive ketones (excluding diaryl/α,β-unsaturated/α-hetero) is 1. The topological polar surface area (TPSA) is 34.9 Å². The molecule has 0 fully saturated rings. The summed E-state index contributed by atoms with van der Waals surface area (Å²) < 4.78 is 1.79. The van der Waals surface area contributed by atoms with Crippen molar-refractivity contribution in [3.8, 4) is 0 Å². The fraction of sp³-hybridized carbons (Fsp3) is 0.286. The molecule has 94 valence electrons. The van der Waals surface area contributed by atoms with Gasteiger partial charge in [0, 0.05) is 12.1 Å². The largest absolute Gasteiger partial charge is 0.294 e. The molecule has 0 aliphatic rings. The minimum Gasteiger partial charge on any atom is -0.294 e. The molecule has 0 amide bonds. The van der Waals surface area contributed by atoms with Gasteiger partial charge in [-0.25, -0.2) is 0 Å². The van der Waals surface area contributed by atoms with Gasteiger partial charge in [-0.2, -0.15) is 5.10 Å². The Morgan fingerprint density at radius 2 is 2.00 bits per heavy atom. The molecular formula is C14H15ClN2O. The first kappa shape index (κ1) is 12.8. The molecule has 3 nitrogen and oxygen atoms in total. The van der Waals surface area contributed by atoms with Gasteiger partial charge in [-0.05, 0) is 13.8 Å². The van der Waals surface area contributed by atoms with Crippen molar-refractivity contribution in [1.82, 2.24) is 9.78 Å². The molecule has 0 aliphatic heterocycles. The second kappa shape index (κ2) is 5.36. The zero-order valence-electron chi connectivity index (χ0n) is 10.5. The first-order chi connectivity index (χ1) is 8.63. The number of nitrogens with zero attached hydrogens (tertiary/aromatic N) is 2. The van der Waals surface area contributed by atoms with E-state index in [1.54, 1.807) is 4.68 Å². The number of aromatic nitrogens is 2. The molecule has 1 aromatic carbocycles. The van der Waals surface area contributed by atoms with Crippen molar-refractivity contribution in [1.29, 1.82) is 0 Å². The van der Waals surface area contributed by atoms with E-state index in [4.69, 9.17) is 11.6 Å². The number of hydrogen-bond donors (Lipinski definition) is 0. The van der Waals surface area contributed by atoms with Gasteiger partial charge in [-0.3, -0.25) is 9.48 Å². The van der Waals surface area contributed by atoms with E-state index >= 15 is 0 Å². The van der Waals surface area contributed by atoms with E-state index in [0.717, 1.165) is 11.4 Å². The SMILES string of the molecule is CCn1nc(C)c(Cl)c1CC(=O)c1ccccc1. The Hall–Kier alpha value is -1.61. The number of halogens is 1. The first-order valence-corrected chi connectivity index (χ1v) is 6.31. The highest BCUT2D eigenvalue weighted by atomic mass is 35.5. The van der Waals surface area contributed by atoms with Crippen molar-refractivity contribution in [3.63, 3.8) is 0 Å². The van der Waals surface area contributed by atoms with Gasteiger partial charge >= 0.3 is 0 Å². The molecule has 0 saturated heterocycles. The molecule has 18 heavy (non-hydrogen) atoms. The standard InChI is InChI=1S/C14H15ClN2O/c1-3-17-12(14(15)10(2)16-17)9-13(18)11-7-5-4-6-8-11/h4-8H,3,9H2,1-2H3. The summed E-state index contributed by atoms with van der Waals surface area (Å²) in [4.78, 5) is 12.1. The van der Waals surface area contributed by atoms with Crippen LogP contribution >= 0.6 is 11.6 Å². The second-order valence-electron chi connectivity index (χ2n) is 4.13. The molecule has 0 N–H and O–H groups in total. The number of carbonyl (C=O) groups excluding carboxylic acids is 1. The van der Waals surface area contributed by atoms with E-state index in [1.165, 1.54) is 0 Å². The van der Waals surface area contributed by atoms with E-state index in [9.17, 15) is 4.79 Å². The Labute approximate surface area is 111 Å². The van der Waals surface area contributed by atoms with Crippen molar-refractivity contribution in [2.75, 3.05) is 0 Å². The summed E-state index contributed by atoms with van der Waals surface area (Å²) in [7, 11) is 0. The summed E-state index contributed by atoms with van der Waals surface area (Å²) in [6, 6.07) is 9.24. The van der Waals surface area contributed by atoms with E-state index < -0.39 is 0 Å². The van der Waals surface area contributed by atoms with Crippen molar-refractivity contribution in [3.05, 3.63) is 52.3 Å². The van der Waals surface area contributed by atoms with Crippen molar-refractivity contribution in [2.24, 2.45) is 0 Å². The Morgan fingerprint density at radius 1 is 1.33 bits per heavy atom. The third kappa shape index (κ3) is 2.46. The van der Waals surface area contributed by atoms with Crippen LogP contribution in [-0.4, -0.2) is 15.6 Å². The van der Waals surface area contributed by atoms with Crippen LogP contribution in [0.15, 0.2) is 30.3 Å². The van der Waals surface area contributed by atoms with Gasteiger partial charge in [0.05, 0.1) is 22.8 Å². The van der Waals surface area contributed by atoms with E-state index in [2.05, 4.69) is 5.10 Å². The molecule has 2 rings (SSSR count). The highest BCUT2D eigenvalue weighted by Gasteiger charge is 2.16. The summed E-state index contributed by atoms with van der Waals surface area (Å²) in [5.74, 6) is 0.0621. The highest BCUT2D eigenvalue weighted by molar-refractivity contribution is 6.32. The molecular weight excluding hydrogens is 248 g/mol. The lowest BCUT2D eigenvalue weighted by Crippen LogP contribution is -2.10. The van der Waals surface area contributed by atoms with E-state index in [1.807, 2.05) is 44.2 Å². The number of rotatable bonds is 4. The molecule has 0 saturated carbocycles. The minimum absolute atomic E-state index is 0.0621. The number of ketones is 1. The van der Waals surface area contributed by atoms with E-state index in [0.29, 0.717) is 17.1 Å². The molecule has 2 aromatic rings. The van der Waals surface area contributed by atoms with Gasteiger partial charge in [0.1, 0.15) is 0 Å². The third-order valence-corrected chi connectivity index (χ3v) is 3.37. The molecule has 0 atom stereocenters. The first-order valence-electron chi connectivity index (χ1n) is 5.93. The van der Waals surface area contributed by atoms with Gasteiger partial charge in [-0.1, -0.05) is 41.9 Å². The summed E-state index contributed by atoms with van der Waals surface area (Å²) in [6.07, 6.45) is 0.289. The van der Waals surface area contributed by atoms with Crippen LogP contribution in [0.1, 0.15) is 28.7 Å². The predicted molar refractivity (Wildman–Crippen MR) is 72.1 cm³/mol. The van der Waals surface area contributed by atoms with Crippen molar-refractivity contribution < 1.29 is 4.79 Å². The maximum atomic E-state index is 12.1. The number of benzene rings is 1. The van der Waals surface area contributed by atoms with Crippen LogP contribution in [0.5, 0.6) is 0 Å². The smallest absolute Gasteiger partial charge is 0.168 e. The number of aryl methyl sites for hydroxylation is 2. The van der Waals surface area contributed by atoms with Crippen molar-refractivity contribution in [2.45, 2.75) is 26.8 Å². The van der Waals surface area contributed by atoms with Crippen LogP contribution in [0.3, 0.4) is 0 Å². The second-order valence-corrected chi connectivity index (χ2v) is 4.51. The molecule has 1 aromatic heterocycles. The normalized spacial score (nSPS) is 10.6. The van der Waals surface area contributed by atoms with Gasteiger partial charge in [0.2, 0.25) is 0 Å². The third-order valence-electron chi connectivity index (χ3n) is 2.88. The molecule has 0 radical (unpaired) electrons. The van der Waals surface area contributed by atoms with Crippen LogP contribution < -0.4 is 0 Å². The van der Waals surface area contributed by atoms with Gasteiger partial charge in [-0.15, -0.1) is 0 Å². The lowest BCUT2D eigenvalue weighted by atomic mass is 10.1. The maximum Gasteiger partial charge on any atom is 0.168 e. The van der Waals surface area contributed by atoms with Gasteiger partial charge in [0.15, 0.2) is 5.78 Å². The number of hydrogen-bond acceptors (Lipinski definition) is 2. The van der Waals surface area contributed by atoms with E-state index in [-0.39, 0.29) is 12.2 Å². The number of carbonyl (C=O) groups is 1. The van der Waals surface area contributed by atoms with Crippen LogP contribution in [0, 0.1) is 6.92 Å². The monoisotopic (exact) mass is 262 g/mol. The molecule has 4 heteroatoms. The van der Waals surface area contributed by atoms with Gasteiger partial charge in [0.25, 0.3) is 0 Å². The zero-order chi connectivity index (χ0) is 13.1. The molecule has 0 spiro atoms. The Morgan fingerprint density at radius 3 is 2.61 bits per heavy atom. The zero-order valence-corrected chi connectivity index (χ0v) is 11.2. The average Bonchev–Trinajstić information content (AvgIpc) is 2.67. The maximum absolute atomic E-state index is 12.1. The van der Waals surface area contributed by atoms with Gasteiger partial charge < -0.3 is 0 Å². The quantitative estimate of drug-likeness (QED) is 0.793. The highest BCUT2D eigenvalue weighted by Crippen LogP contribution is 2.21. The molecule has 1 heterocycles. The Balaban J connectivity index is 2.27. The Bertz CT molecular complexity index is 561.